The molecule has 0 aliphatic carbocycles. The molecule has 12 nitrogen and oxygen atoms in total. The maximum Gasteiger partial charge on any atom is 0.631 e. The summed E-state index contributed by atoms with van der Waals surface area (Å²) in [5, 5.41) is 86.0. The van der Waals surface area contributed by atoms with Gasteiger partial charge in [-0.1, -0.05) is 0 Å². The van der Waals surface area contributed by atoms with E-state index in [-0.39, 0.29) is 0 Å². The first-order valence-corrected chi connectivity index (χ1v) is 14.2. The van der Waals surface area contributed by atoms with Crippen molar-refractivity contribution in [3.63, 3.8) is 0 Å². The van der Waals surface area contributed by atoms with E-state index in [4.69, 9.17) is 60.3 Å². The Hall–Kier alpha value is 0.210. The van der Waals surface area contributed by atoms with Crippen molar-refractivity contribution in [3.05, 3.63) is 0 Å². The Labute approximate surface area is 201 Å². The summed E-state index contributed by atoms with van der Waals surface area (Å²) in [6.07, 6.45) is 18.1. The van der Waals surface area contributed by atoms with Crippen molar-refractivity contribution in [1.82, 2.24) is 0 Å². The molecule has 0 atom stereocenters. The topological polar surface area (TPSA) is 243 Å². The quantitative estimate of drug-likeness (QED) is 0.0987. The summed E-state index contributed by atoms with van der Waals surface area (Å²) in [5.74, 6) is 0. The number of hydrogen-bond donors (Lipinski definition) is 12. The van der Waals surface area contributed by atoms with E-state index in [9.17, 15) is 0 Å². The van der Waals surface area contributed by atoms with Crippen LogP contribution in [0.5, 0.6) is 0 Å². The summed E-state index contributed by atoms with van der Waals surface area (Å²) < 4.78 is 0. The fourth-order valence-electron chi connectivity index (χ4n) is 2.96. The first-order valence-electron chi connectivity index (χ1n) is 11.3. The van der Waals surface area contributed by atoms with E-state index in [0.717, 1.165) is 0 Å². The van der Waals surface area contributed by atoms with Crippen molar-refractivity contribution in [3.8, 4) is 0 Å². The molecule has 0 amide bonds. The predicted octanol–water partition coefficient (Wildman–Crippen LogP) is -2.27. The van der Waals surface area contributed by atoms with Gasteiger partial charge in [-0.3, -0.25) is 0 Å². The second-order valence-electron chi connectivity index (χ2n) is 7.30. The van der Waals surface area contributed by atoms with Crippen LogP contribution in [0.4, 0.5) is 0 Å². The van der Waals surface area contributed by atoms with Crippen LogP contribution in [0.3, 0.4) is 0 Å². The van der Waals surface area contributed by atoms with E-state index < -0.39 is 36.5 Å². The predicted molar refractivity (Wildman–Crippen MR) is 137 cm³/mol. The molecule has 0 aliphatic rings. The van der Waals surface area contributed by atoms with Gasteiger partial charge in [-0.2, -0.15) is 0 Å². The third-order valence-electron chi connectivity index (χ3n) is 4.24. The molecule has 0 aliphatic heterocycles. The zero-order valence-electron chi connectivity index (χ0n) is 20.7. The number of unbranched alkanes of at least 4 members (excludes halogenated alkanes) is 4. The zero-order valence-corrected chi connectivity index (χ0v) is 21.7. The smallest absolute Gasteiger partial charge is 0.402 e. The SMILES string of the molecule is CCCC[PH](CCCC)(CCCC)CCCC.OB(O)O.OB(O)O.OB(O)O.OB(O)O. The molecular formula is C16H49B4O12P. The van der Waals surface area contributed by atoms with Crippen molar-refractivity contribution in [2.45, 2.75) is 79.1 Å². The molecule has 0 rings (SSSR count). The van der Waals surface area contributed by atoms with Gasteiger partial charge in [0.05, 0.1) is 0 Å². The van der Waals surface area contributed by atoms with E-state index in [0.29, 0.717) is 0 Å². The van der Waals surface area contributed by atoms with E-state index in [1.165, 1.54) is 51.4 Å². The Morgan fingerprint density at radius 3 is 0.576 bits per heavy atom. The van der Waals surface area contributed by atoms with Gasteiger partial charge in [0.25, 0.3) is 0 Å². The van der Waals surface area contributed by atoms with Crippen LogP contribution < -0.4 is 0 Å². The molecule has 0 aromatic carbocycles. The van der Waals surface area contributed by atoms with Crippen LogP contribution in [0.15, 0.2) is 0 Å². The van der Waals surface area contributed by atoms with Crippen molar-refractivity contribution in [1.29, 1.82) is 0 Å². The molecule has 0 bridgehead atoms. The van der Waals surface area contributed by atoms with Crippen LogP contribution in [0.1, 0.15) is 79.1 Å². The minimum atomic E-state index is -2.17. The van der Waals surface area contributed by atoms with E-state index in [1.54, 1.807) is 24.6 Å². The van der Waals surface area contributed by atoms with E-state index in [1.807, 2.05) is 0 Å². The number of hydrogen-bond acceptors (Lipinski definition) is 12. The van der Waals surface area contributed by atoms with Crippen molar-refractivity contribution in [2.24, 2.45) is 0 Å². The second kappa shape index (κ2) is 34.4. The van der Waals surface area contributed by atoms with Crippen LogP contribution in [-0.2, 0) is 0 Å². The Morgan fingerprint density at radius 2 is 0.485 bits per heavy atom. The standard InChI is InChI=1S/C16H37P.4BH3O3/c1-5-9-13-17(14-10-6-2,15-11-7-3)16-12-8-4;4*2-1(3)4/h17H,5-16H2,1-4H3;4*2-4H. The summed E-state index contributed by atoms with van der Waals surface area (Å²) in [6, 6.07) is 0. The summed E-state index contributed by atoms with van der Waals surface area (Å²) in [4.78, 5) is 0. The molecule has 0 saturated carbocycles. The fourth-order valence-corrected chi connectivity index (χ4v) is 8.87. The molecule has 0 aromatic heterocycles. The third kappa shape index (κ3) is 72.0. The molecule has 202 valence electrons. The Kier molecular flexibility index (Phi) is 45.1. The Bertz CT molecular complexity index is 263. The molecular weight excluding hydrogens is 458 g/mol. The van der Waals surface area contributed by atoms with E-state index >= 15 is 0 Å². The van der Waals surface area contributed by atoms with Crippen LogP contribution in [0.25, 0.3) is 0 Å². The van der Waals surface area contributed by atoms with Gasteiger partial charge in [0, 0.05) is 0 Å². The van der Waals surface area contributed by atoms with Gasteiger partial charge in [0.15, 0.2) is 0 Å². The second-order valence-corrected chi connectivity index (χ2v) is 12.3. The normalized spacial score (nSPS) is 9.94. The first-order chi connectivity index (χ1) is 15.2. The van der Waals surface area contributed by atoms with Gasteiger partial charge in [-0.15, -0.1) is 0 Å². The molecule has 33 heavy (non-hydrogen) atoms. The molecule has 12 N–H and O–H groups in total. The molecule has 0 aromatic rings. The molecule has 17 heteroatoms. The monoisotopic (exact) mass is 508 g/mol. The molecule has 0 saturated heterocycles. The van der Waals surface area contributed by atoms with E-state index in [2.05, 4.69) is 27.7 Å². The average Bonchev–Trinajstić information content (AvgIpc) is 2.65. The summed E-state index contributed by atoms with van der Waals surface area (Å²) in [6.45, 7) is 9.44. The maximum absolute atomic E-state index is 7.17. The maximum atomic E-state index is 7.17. The van der Waals surface area contributed by atoms with Gasteiger partial charge in [0.1, 0.15) is 0 Å². The van der Waals surface area contributed by atoms with Crippen LogP contribution in [0.2, 0.25) is 0 Å². The minimum Gasteiger partial charge on any atom is -0.402 e. The van der Waals surface area contributed by atoms with Crippen LogP contribution in [-0.4, -0.2) is 114 Å². The van der Waals surface area contributed by atoms with Crippen molar-refractivity contribution in [2.75, 3.05) is 24.6 Å². The van der Waals surface area contributed by atoms with Gasteiger partial charge in [0.2, 0.25) is 0 Å². The van der Waals surface area contributed by atoms with Gasteiger partial charge in [-0.25, -0.2) is 0 Å². The van der Waals surface area contributed by atoms with Crippen LogP contribution >= 0.6 is 7.26 Å². The largest absolute Gasteiger partial charge is 0.631 e. The Balaban J connectivity index is -0.000000132. The van der Waals surface area contributed by atoms with Crippen molar-refractivity contribution < 1.29 is 60.3 Å². The number of rotatable bonds is 12. The van der Waals surface area contributed by atoms with Gasteiger partial charge < -0.3 is 60.3 Å². The molecule has 0 radical (unpaired) electrons. The van der Waals surface area contributed by atoms with Gasteiger partial charge in [-0.05, 0) is 0 Å². The molecule has 0 unspecified atom stereocenters. The van der Waals surface area contributed by atoms with Crippen LogP contribution in [0, 0.1) is 0 Å². The molecule has 0 heterocycles. The molecule has 0 spiro atoms. The van der Waals surface area contributed by atoms with Gasteiger partial charge >= 0.3 is 140 Å². The summed E-state index contributed by atoms with van der Waals surface area (Å²) in [5.41, 5.74) is 0. The van der Waals surface area contributed by atoms with Crippen molar-refractivity contribution >= 4 is 36.5 Å². The zero-order chi connectivity index (χ0) is 27.3. The summed E-state index contributed by atoms with van der Waals surface area (Å²) in [7, 11) is -9.55. The third-order valence-corrected chi connectivity index (χ3v) is 9.90. The average molecular weight is 508 g/mol. The fraction of sp³-hybridized carbons (Fsp3) is 1.00. The summed E-state index contributed by atoms with van der Waals surface area (Å²) >= 11 is 0. The molecule has 0 fully saturated rings. The Morgan fingerprint density at radius 1 is 0.364 bits per heavy atom. The minimum absolute atomic E-state index is 0.879. The first kappa shape index (κ1) is 43.3.